The van der Waals surface area contributed by atoms with E-state index in [4.69, 9.17) is 14.5 Å². The van der Waals surface area contributed by atoms with E-state index in [1.165, 1.54) is 5.56 Å². The summed E-state index contributed by atoms with van der Waals surface area (Å²) >= 11 is 0. The molecule has 0 aliphatic rings. The van der Waals surface area contributed by atoms with Gasteiger partial charge in [0.15, 0.2) is 0 Å². The van der Waals surface area contributed by atoms with E-state index in [0.717, 1.165) is 17.7 Å². The van der Waals surface area contributed by atoms with Crippen molar-refractivity contribution < 1.29 is 9.47 Å². The van der Waals surface area contributed by atoms with Gasteiger partial charge in [-0.25, -0.2) is 4.98 Å². The molecule has 0 fully saturated rings. The Labute approximate surface area is 181 Å². The molecule has 0 bridgehead atoms. The van der Waals surface area contributed by atoms with Gasteiger partial charge in [0.05, 0.1) is 30.8 Å². The molecule has 1 heterocycles. The SMILES string of the molecule is CC[C@H](C)c1ccc(-n2c(-c3cc(OC)cc(OC)c3)nc3ccccc3c2=O)cc1. The predicted octanol–water partition coefficient (Wildman–Crippen LogP) is 5.58. The highest BCUT2D eigenvalue weighted by Crippen LogP contribution is 2.30. The van der Waals surface area contributed by atoms with Crippen LogP contribution in [0.25, 0.3) is 28.0 Å². The van der Waals surface area contributed by atoms with Gasteiger partial charge in [-0.2, -0.15) is 0 Å². The van der Waals surface area contributed by atoms with E-state index < -0.39 is 0 Å². The third-order valence-electron chi connectivity index (χ3n) is 5.72. The zero-order chi connectivity index (χ0) is 22.0. The minimum atomic E-state index is -0.112. The van der Waals surface area contributed by atoms with Crippen LogP contribution in [0, 0.1) is 0 Å². The minimum absolute atomic E-state index is 0.112. The van der Waals surface area contributed by atoms with Crippen molar-refractivity contribution in [1.82, 2.24) is 9.55 Å². The quantitative estimate of drug-likeness (QED) is 0.413. The second kappa shape index (κ2) is 8.64. The van der Waals surface area contributed by atoms with E-state index in [9.17, 15) is 4.79 Å². The molecule has 0 saturated carbocycles. The summed E-state index contributed by atoms with van der Waals surface area (Å²) in [7, 11) is 3.21. The molecule has 3 aromatic carbocycles. The maximum Gasteiger partial charge on any atom is 0.266 e. The third kappa shape index (κ3) is 3.91. The van der Waals surface area contributed by atoms with Gasteiger partial charge >= 0.3 is 0 Å². The molecule has 0 N–H and O–H groups in total. The summed E-state index contributed by atoms with van der Waals surface area (Å²) in [6, 6.07) is 21.1. The van der Waals surface area contributed by atoms with Crippen molar-refractivity contribution in [2.45, 2.75) is 26.2 Å². The van der Waals surface area contributed by atoms with Gasteiger partial charge in [-0.15, -0.1) is 0 Å². The topological polar surface area (TPSA) is 53.4 Å². The summed E-state index contributed by atoms with van der Waals surface area (Å²) < 4.78 is 12.5. The Morgan fingerprint density at radius 2 is 1.58 bits per heavy atom. The van der Waals surface area contributed by atoms with Crippen molar-refractivity contribution >= 4 is 10.9 Å². The first-order valence-electron chi connectivity index (χ1n) is 10.4. The number of rotatable bonds is 6. The van der Waals surface area contributed by atoms with E-state index in [0.29, 0.717) is 34.1 Å². The molecule has 31 heavy (non-hydrogen) atoms. The normalized spacial score (nSPS) is 12.0. The van der Waals surface area contributed by atoms with Gasteiger partial charge in [0, 0.05) is 11.6 Å². The van der Waals surface area contributed by atoms with Crippen molar-refractivity contribution in [3.8, 4) is 28.6 Å². The number of aromatic nitrogens is 2. The molecule has 5 nitrogen and oxygen atoms in total. The zero-order valence-electron chi connectivity index (χ0n) is 18.3. The Morgan fingerprint density at radius 1 is 0.935 bits per heavy atom. The Hall–Kier alpha value is -3.60. The van der Waals surface area contributed by atoms with E-state index in [-0.39, 0.29) is 5.56 Å². The second-order valence-corrected chi connectivity index (χ2v) is 7.60. The molecule has 0 spiro atoms. The van der Waals surface area contributed by atoms with Gasteiger partial charge in [0.25, 0.3) is 5.56 Å². The smallest absolute Gasteiger partial charge is 0.266 e. The lowest BCUT2D eigenvalue weighted by atomic mass is 9.98. The van der Waals surface area contributed by atoms with Crippen molar-refractivity contribution in [1.29, 1.82) is 0 Å². The molecule has 5 heteroatoms. The summed E-state index contributed by atoms with van der Waals surface area (Å²) in [6.45, 7) is 4.37. The number of benzene rings is 3. The number of fused-ring (bicyclic) bond motifs is 1. The molecule has 158 valence electrons. The van der Waals surface area contributed by atoms with Gasteiger partial charge in [0.1, 0.15) is 17.3 Å². The predicted molar refractivity (Wildman–Crippen MR) is 125 cm³/mol. The number of nitrogens with zero attached hydrogens (tertiary/aromatic N) is 2. The highest BCUT2D eigenvalue weighted by atomic mass is 16.5. The fourth-order valence-corrected chi connectivity index (χ4v) is 3.69. The molecule has 0 aliphatic carbocycles. The summed E-state index contributed by atoms with van der Waals surface area (Å²) in [5, 5.41) is 0.576. The standard InChI is InChI=1S/C26H26N2O3/c1-5-17(2)18-10-12-20(13-11-18)28-25(19-14-21(30-3)16-22(15-19)31-4)27-24-9-7-6-8-23(24)26(28)29/h6-17H,5H2,1-4H3/t17-/m0/s1. The van der Waals surface area contributed by atoms with Crippen molar-refractivity contribution in [3.05, 3.63) is 82.6 Å². The zero-order valence-corrected chi connectivity index (χ0v) is 18.3. The molecule has 0 aliphatic heterocycles. The fourth-order valence-electron chi connectivity index (χ4n) is 3.69. The first-order chi connectivity index (χ1) is 15.0. The molecule has 0 amide bonds. The lowest BCUT2D eigenvalue weighted by molar-refractivity contribution is 0.394. The first-order valence-corrected chi connectivity index (χ1v) is 10.4. The fraction of sp³-hybridized carbons (Fsp3) is 0.231. The average molecular weight is 415 g/mol. The Bertz CT molecular complexity index is 1250. The third-order valence-corrected chi connectivity index (χ3v) is 5.72. The molecule has 0 saturated heterocycles. The molecular weight excluding hydrogens is 388 g/mol. The van der Waals surface area contributed by atoms with Crippen LogP contribution in [0.4, 0.5) is 0 Å². The molecule has 4 rings (SSSR count). The van der Waals surface area contributed by atoms with Crippen molar-refractivity contribution in [2.24, 2.45) is 0 Å². The van der Waals surface area contributed by atoms with Gasteiger partial charge < -0.3 is 9.47 Å². The number of methoxy groups -OCH3 is 2. The second-order valence-electron chi connectivity index (χ2n) is 7.60. The number of para-hydroxylation sites is 1. The number of ether oxygens (including phenoxy) is 2. The van der Waals surface area contributed by atoms with Crippen LogP contribution in [0.2, 0.25) is 0 Å². The molecule has 1 aromatic heterocycles. The van der Waals surface area contributed by atoms with Crippen LogP contribution in [0.1, 0.15) is 31.7 Å². The minimum Gasteiger partial charge on any atom is -0.497 e. The largest absolute Gasteiger partial charge is 0.497 e. The molecule has 4 aromatic rings. The van der Waals surface area contributed by atoms with Crippen molar-refractivity contribution in [2.75, 3.05) is 14.2 Å². The Kier molecular flexibility index (Phi) is 5.76. The molecule has 0 unspecified atom stereocenters. The van der Waals surface area contributed by atoms with Crippen LogP contribution in [0.3, 0.4) is 0 Å². The lowest BCUT2D eigenvalue weighted by Crippen LogP contribution is -2.22. The molecule has 1 atom stereocenters. The first kappa shape index (κ1) is 20.7. The van der Waals surface area contributed by atoms with Crippen LogP contribution in [0.15, 0.2) is 71.5 Å². The monoisotopic (exact) mass is 414 g/mol. The van der Waals surface area contributed by atoms with Gasteiger partial charge in [0.2, 0.25) is 0 Å². The Balaban J connectivity index is 2.00. The highest BCUT2D eigenvalue weighted by Gasteiger charge is 2.16. The number of hydrogen-bond acceptors (Lipinski definition) is 4. The van der Waals surface area contributed by atoms with Crippen LogP contribution < -0.4 is 15.0 Å². The van der Waals surface area contributed by atoms with Crippen LogP contribution >= 0.6 is 0 Å². The summed E-state index contributed by atoms with van der Waals surface area (Å²) in [5.41, 5.74) is 3.30. The van der Waals surface area contributed by atoms with E-state index in [1.54, 1.807) is 24.9 Å². The molecule has 0 radical (unpaired) electrons. The Morgan fingerprint density at radius 3 is 2.19 bits per heavy atom. The maximum atomic E-state index is 13.6. The van der Waals surface area contributed by atoms with E-state index >= 15 is 0 Å². The van der Waals surface area contributed by atoms with E-state index in [2.05, 4.69) is 26.0 Å². The van der Waals surface area contributed by atoms with E-state index in [1.807, 2.05) is 48.5 Å². The van der Waals surface area contributed by atoms with Gasteiger partial charge in [-0.05, 0) is 54.3 Å². The highest BCUT2D eigenvalue weighted by molar-refractivity contribution is 5.80. The number of hydrogen-bond donors (Lipinski definition) is 0. The summed E-state index contributed by atoms with van der Waals surface area (Å²) in [5.74, 6) is 2.27. The maximum absolute atomic E-state index is 13.6. The lowest BCUT2D eigenvalue weighted by Gasteiger charge is -2.16. The van der Waals surface area contributed by atoms with Crippen LogP contribution in [0.5, 0.6) is 11.5 Å². The van der Waals surface area contributed by atoms with Gasteiger partial charge in [-0.1, -0.05) is 38.1 Å². The molecular formula is C26H26N2O3. The van der Waals surface area contributed by atoms with Crippen LogP contribution in [-0.4, -0.2) is 23.8 Å². The average Bonchev–Trinajstić information content (AvgIpc) is 2.83. The summed E-state index contributed by atoms with van der Waals surface area (Å²) in [4.78, 5) is 18.4. The summed E-state index contributed by atoms with van der Waals surface area (Å²) in [6.07, 6.45) is 1.06. The van der Waals surface area contributed by atoms with Gasteiger partial charge in [-0.3, -0.25) is 9.36 Å². The van der Waals surface area contributed by atoms with Crippen molar-refractivity contribution in [3.63, 3.8) is 0 Å². The van der Waals surface area contributed by atoms with Crippen LogP contribution in [-0.2, 0) is 0 Å².